The van der Waals surface area contributed by atoms with Crippen molar-refractivity contribution in [2.75, 3.05) is 7.05 Å². The minimum absolute atomic E-state index is 0.312. The van der Waals surface area contributed by atoms with Gasteiger partial charge in [-0.05, 0) is 23.8 Å². The average Bonchev–Trinajstić information content (AvgIpc) is 3.06. The Morgan fingerprint density at radius 1 is 1.36 bits per heavy atom. The third kappa shape index (κ3) is 3.29. The number of carbonyl (C=O) groups excluding carboxylic acids is 1. The maximum atomic E-state index is 12.3. The summed E-state index contributed by atoms with van der Waals surface area (Å²) in [6, 6.07) is 10.7. The topological polar surface area (TPSA) is 134 Å². The number of amides is 1. The molecule has 8 nitrogen and oxygen atoms in total. The van der Waals surface area contributed by atoms with E-state index in [0.29, 0.717) is 29.4 Å². The Kier molecular flexibility index (Phi) is 4.36. The number of aromatic amines is 1. The second-order valence-corrected chi connectivity index (χ2v) is 5.46. The normalized spacial score (nSPS) is 10.6. The number of H-pyrrole nitrogens is 1. The molecule has 0 saturated heterocycles. The van der Waals surface area contributed by atoms with E-state index >= 15 is 0 Å². The smallest absolute Gasteiger partial charge is 0.276 e. The number of nitrogens with zero attached hydrogens (tertiary/aromatic N) is 2. The number of nitrogens with one attached hydrogen (secondary N) is 2. The number of nitrogens with two attached hydrogens (primary N) is 2. The van der Waals surface area contributed by atoms with Gasteiger partial charge in [0.05, 0.1) is 5.52 Å². The Bertz CT molecular complexity index is 949. The van der Waals surface area contributed by atoms with Gasteiger partial charge in [-0.15, -0.1) is 0 Å². The minimum atomic E-state index is -0.405. The van der Waals surface area contributed by atoms with E-state index in [9.17, 15) is 4.79 Å². The average molecular weight is 338 g/mol. The lowest BCUT2D eigenvalue weighted by atomic mass is 10.2. The fraction of sp³-hybridized carbons (Fsp3) is 0.118. The van der Waals surface area contributed by atoms with Crippen LogP contribution in [0.15, 0.2) is 42.6 Å². The van der Waals surface area contributed by atoms with E-state index in [2.05, 4.69) is 9.97 Å². The standard InChI is InChI=1S/C17H18N6O2/c1-23(17(19)20)16(24)12-8-11-3-2-4-13(15(11)22-12)25-14-7-10(9-18)5-6-21-14/h2-8,22H,9,18H2,1H3,(H3,19,20). The summed E-state index contributed by atoms with van der Waals surface area (Å²) in [5, 5.41) is 8.17. The van der Waals surface area contributed by atoms with Crippen molar-refractivity contribution in [1.29, 1.82) is 5.41 Å². The summed E-state index contributed by atoms with van der Waals surface area (Å²) in [5.41, 5.74) is 12.9. The van der Waals surface area contributed by atoms with Gasteiger partial charge in [0.25, 0.3) is 5.91 Å². The molecule has 0 saturated carbocycles. The summed E-state index contributed by atoms with van der Waals surface area (Å²) >= 11 is 0. The maximum absolute atomic E-state index is 12.3. The van der Waals surface area contributed by atoms with Gasteiger partial charge in [-0.3, -0.25) is 15.1 Å². The fourth-order valence-corrected chi connectivity index (χ4v) is 2.36. The summed E-state index contributed by atoms with van der Waals surface area (Å²) < 4.78 is 5.85. The zero-order valence-electron chi connectivity index (χ0n) is 13.6. The van der Waals surface area contributed by atoms with Crippen LogP contribution in [0.4, 0.5) is 0 Å². The summed E-state index contributed by atoms with van der Waals surface area (Å²) in [6.07, 6.45) is 1.63. The highest BCUT2D eigenvalue weighted by Gasteiger charge is 2.17. The SMILES string of the molecule is CN(C(=N)N)C(=O)c1cc2cccc(Oc3cc(CN)ccn3)c2[nH]1. The number of aromatic nitrogens is 2. The van der Waals surface area contributed by atoms with Crippen LogP contribution in [0.1, 0.15) is 16.1 Å². The summed E-state index contributed by atoms with van der Waals surface area (Å²) in [4.78, 5) is 20.6. The van der Waals surface area contributed by atoms with Crippen molar-refractivity contribution in [2.45, 2.75) is 6.54 Å². The lowest BCUT2D eigenvalue weighted by Gasteiger charge is -2.12. The predicted octanol–water partition coefficient (Wildman–Crippen LogP) is 1.78. The molecule has 2 aromatic heterocycles. The van der Waals surface area contributed by atoms with Crippen molar-refractivity contribution in [2.24, 2.45) is 11.5 Å². The Labute approximate surface area is 143 Å². The van der Waals surface area contributed by atoms with E-state index in [1.54, 1.807) is 24.4 Å². The molecule has 6 N–H and O–H groups in total. The van der Waals surface area contributed by atoms with Crippen molar-refractivity contribution in [1.82, 2.24) is 14.9 Å². The monoisotopic (exact) mass is 338 g/mol. The second-order valence-electron chi connectivity index (χ2n) is 5.46. The first-order valence-electron chi connectivity index (χ1n) is 7.56. The van der Waals surface area contributed by atoms with Crippen molar-refractivity contribution in [3.05, 3.63) is 53.9 Å². The van der Waals surface area contributed by atoms with Gasteiger partial charge in [0.2, 0.25) is 5.88 Å². The highest BCUT2D eigenvalue weighted by molar-refractivity contribution is 6.06. The lowest BCUT2D eigenvalue weighted by molar-refractivity contribution is 0.0864. The van der Waals surface area contributed by atoms with Gasteiger partial charge < -0.3 is 21.2 Å². The Hall–Kier alpha value is -3.39. The quantitative estimate of drug-likeness (QED) is 0.425. The molecule has 0 spiro atoms. The second kappa shape index (κ2) is 6.62. The number of hydrogen-bond acceptors (Lipinski definition) is 5. The molecule has 0 fully saturated rings. The Morgan fingerprint density at radius 3 is 2.88 bits per heavy atom. The van der Waals surface area contributed by atoms with Crippen molar-refractivity contribution in [3.63, 3.8) is 0 Å². The molecule has 3 aromatic rings. The molecule has 0 atom stereocenters. The van der Waals surface area contributed by atoms with Gasteiger partial charge in [0.1, 0.15) is 5.69 Å². The number of guanidine groups is 1. The molecule has 2 heterocycles. The van der Waals surface area contributed by atoms with Crippen molar-refractivity contribution in [3.8, 4) is 11.6 Å². The number of ether oxygens (including phenoxy) is 1. The van der Waals surface area contributed by atoms with E-state index < -0.39 is 5.91 Å². The van der Waals surface area contributed by atoms with E-state index in [0.717, 1.165) is 15.8 Å². The highest BCUT2D eigenvalue weighted by atomic mass is 16.5. The highest BCUT2D eigenvalue weighted by Crippen LogP contribution is 2.29. The predicted molar refractivity (Wildman–Crippen MR) is 94.5 cm³/mol. The summed E-state index contributed by atoms with van der Waals surface area (Å²) in [7, 11) is 1.44. The fourth-order valence-electron chi connectivity index (χ4n) is 2.36. The van der Waals surface area contributed by atoms with Gasteiger partial charge in [-0.1, -0.05) is 12.1 Å². The van der Waals surface area contributed by atoms with Gasteiger partial charge in [-0.25, -0.2) is 4.98 Å². The van der Waals surface area contributed by atoms with E-state index in [-0.39, 0.29) is 5.96 Å². The molecule has 3 rings (SSSR count). The van der Waals surface area contributed by atoms with Gasteiger partial charge in [-0.2, -0.15) is 0 Å². The van der Waals surface area contributed by atoms with Crippen LogP contribution in [-0.4, -0.2) is 33.8 Å². The van der Waals surface area contributed by atoms with Crippen LogP contribution in [0.25, 0.3) is 10.9 Å². The van der Waals surface area contributed by atoms with E-state index in [1.165, 1.54) is 7.05 Å². The Morgan fingerprint density at radius 2 is 2.16 bits per heavy atom. The first-order chi connectivity index (χ1) is 12.0. The largest absolute Gasteiger partial charge is 0.437 e. The summed E-state index contributed by atoms with van der Waals surface area (Å²) in [5.74, 6) is 0.211. The molecule has 0 radical (unpaired) electrons. The van der Waals surface area contributed by atoms with Gasteiger partial charge in [0, 0.05) is 31.2 Å². The van der Waals surface area contributed by atoms with Crippen molar-refractivity contribution >= 4 is 22.8 Å². The molecule has 0 aliphatic rings. The molecule has 0 unspecified atom stereocenters. The van der Waals surface area contributed by atoms with Crippen LogP contribution in [0.5, 0.6) is 11.6 Å². The number of rotatable bonds is 4. The number of para-hydroxylation sites is 1. The van der Waals surface area contributed by atoms with Gasteiger partial charge >= 0.3 is 0 Å². The molecule has 1 aromatic carbocycles. The molecule has 0 bridgehead atoms. The number of benzene rings is 1. The zero-order chi connectivity index (χ0) is 18.0. The van der Waals surface area contributed by atoms with Crippen LogP contribution in [0, 0.1) is 5.41 Å². The number of pyridine rings is 1. The minimum Gasteiger partial charge on any atom is -0.437 e. The third-order valence-electron chi connectivity index (χ3n) is 3.76. The number of carbonyl (C=O) groups is 1. The molecule has 0 aliphatic carbocycles. The molecule has 0 aliphatic heterocycles. The zero-order valence-corrected chi connectivity index (χ0v) is 13.6. The maximum Gasteiger partial charge on any atom is 0.276 e. The van der Waals surface area contributed by atoms with Crippen LogP contribution in [0.2, 0.25) is 0 Å². The third-order valence-corrected chi connectivity index (χ3v) is 3.76. The van der Waals surface area contributed by atoms with Crippen LogP contribution in [0.3, 0.4) is 0 Å². The van der Waals surface area contributed by atoms with E-state index in [1.807, 2.05) is 18.2 Å². The van der Waals surface area contributed by atoms with Crippen LogP contribution >= 0.6 is 0 Å². The van der Waals surface area contributed by atoms with Crippen molar-refractivity contribution < 1.29 is 9.53 Å². The first kappa shape index (κ1) is 16.5. The lowest BCUT2D eigenvalue weighted by Crippen LogP contribution is -2.38. The number of fused-ring (bicyclic) bond motifs is 1. The molecular weight excluding hydrogens is 320 g/mol. The summed E-state index contributed by atoms with van der Waals surface area (Å²) in [6.45, 7) is 0.390. The molecule has 128 valence electrons. The first-order valence-corrected chi connectivity index (χ1v) is 7.56. The van der Waals surface area contributed by atoms with Gasteiger partial charge in [0.15, 0.2) is 11.7 Å². The molecular formula is C17H18N6O2. The molecule has 1 amide bonds. The number of hydrogen-bond donors (Lipinski definition) is 4. The van der Waals surface area contributed by atoms with E-state index in [4.69, 9.17) is 21.6 Å². The Balaban J connectivity index is 1.97. The van der Waals surface area contributed by atoms with Crippen LogP contribution in [-0.2, 0) is 6.54 Å². The molecule has 8 heteroatoms. The molecule has 25 heavy (non-hydrogen) atoms. The van der Waals surface area contributed by atoms with Crippen LogP contribution < -0.4 is 16.2 Å².